The van der Waals surface area contributed by atoms with Crippen LogP contribution in [-0.2, 0) is 19.6 Å². The lowest BCUT2D eigenvalue weighted by atomic mass is 10.0. The monoisotopic (exact) mass is 627 g/mol. The van der Waals surface area contributed by atoms with Crippen LogP contribution in [0.25, 0.3) is 32.9 Å². The molecule has 0 atom stereocenters. The lowest BCUT2D eigenvalue weighted by Crippen LogP contribution is -2.18. The molecule has 1 N–H and O–H groups in total. The van der Waals surface area contributed by atoms with E-state index in [0.29, 0.717) is 21.6 Å². The van der Waals surface area contributed by atoms with E-state index < -0.39 is 21.9 Å². The number of esters is 1. The Morgan fingerprint density at radius 3 is 2.44 bits per heavy atom. The molecule has 0 saturated heterocycles. The largest absolute Gasteiger partial charge is 0.462 e. The summed E-state index contributed by atoms with van der Waals surface area (Å²) in [6.07, 6.45) is 0. The van der Waals surface area contributed by atoms with Crippen LogP contribution in [0.15, 0.2) is 112 Å². The predicted molar refractivity (Wildman–Crippen MR) is 171 cm³/mol. The third-order valence-corrected chi connectivity index (χ3v) is 10.3. The highest BCUT2D eigenvalue weighted by Gasteiger charge is 2.27. The molecule has 8 nitrogen and oxygen atoms in total. The Hall–Kier alpha value is -4.45. The Morgan fingerprint density at radius 2 is 1.65 bits per heavy atom. The lowest BCUT2D eigenvalue weighted by Gasteiger charge is -2.11. The highest BCUT2D eigenvalue weighted by Crippen LogP contribution is 2.37. The molecule has 2 aromatic heterocycles. The molecule has 216 valence electrons. The van der Waals surface area contributed by atoms with Gasteiger partial charge in [-0.15, -0.1) is 11.3 Å². The number of hydrogen-bond donors (Lipinski definition) is 1. The van der Waals surface area contributed by atoms with Crippen molar-refractivity contribution in [3.63, 3.8) is 0 Å². The van der Waals surface area contributed by atoms with Crippen LogP contribution in [0.4, 0.5) is 5.00 Å². The number of rotatable bonds is 9. The van der Waals surface area contributed by atoms with Crippen LogP contribution in [0.3, 0.4) is 0 Å². The number of carbonyl (C=O) groups excluding carboxylic acids is 2. The van der Waals surface area contributed by atoms with E-state index in [4.69, 9.17) is 4.74 Å². The van der Waals surface area contributed by atoms with Crippen molar-refractivity contribution in [3.05, 3.63) is 108 Å². The zero-order valence-corrected chi connectivity index (χ0v) is 25.3. The fraction of sp³-hybridized carbons (Fsp3) is 0.0938. The predicted octanol–water partition coefficient (Wildman–Crippen LogP) is 7.06. The Morgan fingerprint density at radius 1 is 0.930 bits per heavy atom. The molecule has 0 radical (unpaired) electrons. The van der Waals surface area contributed by atoms with Gasteiger partial charge in [-0.25, -0.2) is 22.2 Å². The molecule has 0 spiro atoms. The summed E-state index contributed by atoms with van der Waals surface area (Å²) in [6, 6.07) is 28.8. The Kier molecular flexibility index (Phi) is 8.02. The minimum Gasteiger partial charge on any atom is -0.462 e. The first-order chi connectivity index (χ1) is 20.9. The van der Waals surface area contributed by atoms with Gasteiger partial charge in [0.1, 0.15) is 10.6 Å². The quantitative estimate of drug-likeness (QED) is 0.135. The van der Waals surface area contributed by atoms with Crippen molar-refractivity contribution in [3.8, 4) is 11.1 Å². The number of aromatic nitrogens is 2. The molecule has 0 bridgehead atoms. The van der Waals surface area contributed by atoms with Crippen LogP contribution in [0.1, 0.15) is 17.3 Å². The molecule has 6 rings (SSSR count). The van der Waals surface area contributed by atoms with Crippen LogP contribution >= 0.6 is 23.1 Å². The van der Waals surface area contributed by atoms with Crippen molar-refractivity contribution in [2.75, 3.05) is 17.7 Å². The number of thioether (sulfide) groups is 1. The van der Waals surface area contributed by atoms with Gasteiger partial charge in [0.25, 0.3) is 10.0 Å². The van der Waals surface area contributed by atoms with Crippen molar-refractivity contribution in [1.82, 2.24) is 8.96 Å². The van der Waals surface area contributed by atoms with E-state index in [9.17, 15) is 18.0 Å². The Balaban J connectivity index is 1.30. The second-order valence-corrected chi connectivity index (χ2v) is 13.0. The molecule has 0 aliphatic heterocycles. The van der Waals surface area contributed by atoms with Gasteiger partial charge in [-0.1, -0.05) is 84.6 Å². The molecule has 0 aliphatic carbocycles. The molecular formula is C32H25N3O5S3. The zero-order valence-electron chi connectivity index (χ0n) is 22.9. The average Bonchev–Trinajstić information content (AvgIpc) is 3.62. The SMILES string of the molecule is CCOC(=O)c1c(-c2ccccc2)csc1NC(=O)CSc1nc2ccccc2n1S(=O)(=O)c1ccc2ccccc2c1. The van der Waals surface area contributed by atoms with Gasteiger partial charge in [-0.3, -0.25) is 4.79 Å². The van der Waals surface area contributed by atoms with E-state index in [0.717, 1.165) is 28.1 Å². The van der Waals surface area contributed by atoms with Gasteiger partial charge in [0.15, 0.2) is 5.16 Å². The fourth-order valence-corrected chi connectivity index (χ4v) is 8.24. The van der Waals surface area contributed by atoms with Crippen LogP contribution in [-0.4, -0.2) is 41.6 Å². The number of fused-ring (bicyclic) bond motifs is 2. The van der Waals surface area contributed by atoms with Crippen molar-refractivity contribution >= 4 is 71.8 Å². The molecule has 6 aromatic rings. The maximum atomic E-state index is 14.0. The number of anilines is 1. The molecule has 11 heteroatoms. The number of imidazole rings is 1. The topological polar surface area (TPSA) is 107 Å². The number of carbonyl (C=O) groups is 2. The molecule has 0 fully saturated rings. The minimum atomic E-state index is -4.06. The number of para-hydroxylation sites is 2. The van der Waals surface area contributed by atoms with Gasteiger partial charge in [-0.2, -0.15) is 0 Å². The Labute approximate surface area is 256 Å². The maximum absolute atomic E-state index is 14.0. The van der Waals surface area contributed by atoms with Crippen LogP contribution < -0.4 is 5.32 Å². The number of amides is 1. The van der Waals surface area contributed by atoms with Crippen LogP contribution in [0.5, 0.6) is 0 Å². The number of ether oxygens (including phenoxy) is 1. The number of nitrogens with zero attached hydrogens (tertiary/aromatic N) is 2. The van der Waals surface area contributed by atoms with Gasteiger partial charge >= 0.3 is 5.97 Å². The van der Waals surface area contributed by atoms with Crippen molar-refractivity contribution in [2.24, 2.45) is 0 Å². The van der Waals surface area contributed by atoms with Gasteiger partial charge < -0.3 is 10.1 Å². The molecule has 4 aromatic carbocycles. The first-order valence-electron chi connectivity index (χ1n) is 13.4. The van der Waals surface area contributed by atoms with Crippen LogP contribution in [0.2, 0.25) is 0 Å². The van der Waals surface area contributed by atoms with E-state index in [1.54, 1.807) is 54.8 Å². The fourth-order valence-electron chi connectivity index (χ4n) is 4.72. The first kappa shape index (κ1) is 28.7. The van der Waals surface area contributed by atoms with E-state index in [2.05, 4.69) is 10.3 Å². The Bertz CT molecular complexity index is 2090. The van der Waals surface area contributed by atoms with Gasteiger partial charge in [0, 0.05) is 10.9 Å². The third kappa shape index (κ3) is 5.66. The van der Waals surface area contributed by atoms with Crippen LogP contribution in [0, 0.1) is 0 Å². The van der Waals surface area contributed by atoms with E-state index >= 15 is 0 Å². The number of benzene rings is 4. The lowest BCUT2D eigenvalue weighted by molar-refractivity contribution is -0.113. The number of hydrogen-bond acceptors (Lipinski definition) is 8. The summed E-state index contributed by atoms with van der Waals surface area (Å²) in [5.41, 5.74) is 2.67. The molecule has 0 unspecified atom stereocenters. The summed E-state index contributed by atoms with van der Waals surface area (Å²) in [5.74, 6) is -1.09. The molecule has 1 amide bonds. The minimum absolute atomic E-state index is 0.117. The number of nitrogens with one attached hydrogen (secondary N) is 1. The standard InChI is InChI=1S/C32H25N3O5S3/c1-2-40-31(37)29-25(22-11-4-3-5-12-22)19-41-30(29)34-28(36)20-42-32-33-26-14-8-9-15-27(26)35(32)43(38,39)24-17-16-21-10-6-7-13-23(21)18-24/h3-19H,2,20H2,1H3,(H,34,36). The average molecular weight is 628 g/mol. The summed E-state index contributed by atoms with van der Waals surface area (Å²) < 4.78 is 34.4. The van der Waals surface area contributed by atoms with Crippen molar-refractivity contribution in [2.45, 2.75) is 17.0 Å². The highest BCUT2D eigenvalue weighted by atomic mass is 32.2. The summed E-state index contributed by atoms with van der Waals surface area (Å²) in [5, 5.41) is 6.87. The first-order valence-corrected chi connectivity index (χ1v) is 16.7. The van der Waals surface area contributed by atoms with Gasteiger partial charge in [0.2, 0.25) is 5.91 Å². The van der Waals surface area contributed by atoms with Gasteiger partial charge in [-0.05, 0) is 47.5 Å². The van der Waals surface area contributed by atoms with Crippen molar-refractivity contribution in [1.29, 1.82) is 0 Å². The second-order valence-electron chi connectivity index (χ2n) is 9.44. The molecule has 43 heavy (non-hydrogen) atoms. The molecule has 0 saturated carbocycles. The summed E-state index contributed by atoms with van der Waals surface area (Å²) >= 11 is 2.23. The molecule has 0 aliphatic rings. The van der Waals surface area contributed by atoms with E-state index in [1.807, 2.05) is 54.6 Å². The summed E-state index contributed by atoms with van der Waals surface area (Å²) in [6.45, 7) is 1.91. The normalized spacial score (nSPS) is 11.6. The molecule has 2 heterocycles. The van der Waals surface area contributed by atoms with E-state index in [1.165, 1.54) is 15.3 Å². The summed E-state index contributed by atoms with van der Waals surface area (Å²) in [4.78, 5) is 30.8. The third-order valence-electron chi connectivity index (χ3n) is 6.69. The van der Waals surface area contributed by atoms with Crippen molar-refractivity contribution < 1.29 is 22.7 Å². The summed E-state index contributed by atoms with van der Waals surface area (Å²) in [7, 11) is -4.06. The highest BCUT2D eigenvalue weighted by molar-refractivity contribution is 8.00. The number of thiophene rings is 1. The van der Waals surface area contributed by atoms with E-state index in [-0.39, 0.29) is 28.0 Å². The smallest absolute Gasteiger partial charge is 0.341 e. The second kappa shape index (κ2) is 12.0. The maximum Gasteiger partial charge on any atom is 0.341 e. The zero-order chi connectivity index (χ0) is 30.0. The molecular weight excluding hydrogens is 603 g/mol. The van der Waals surface area contributed by atoms with Gasteiger partial charge in [0.05, 0.1) is 28.3 Å².